The van der Waals surface area contributed by atoms with Crippen molar-refractivity contribution in [1.29, 1.82) is 0 Å². The zero-order valence-corrected chi connectivity index (χ0v) is 11.8. The molecule has 126 valence electrons. The summed E-state index contributed by atoms with van der Waals surface area (Å²) in [7, 11) is 0. The third-order valence-electron chi connectivity index (χ3n) is 2.89. The van der Waals surface area contributed by atoms with Crippen LogP contribution in [0.1, 0.15) is 5.69 Å². The number of carboxylic acids is 1. The standard InChI is InChI=1S/C14H9F3N2O5/c15-14(16,17)24-12-4-2-1-3-9(12)8-5-11(19(22)23)10(18-7-8)6-13(20)21/h1-5,7H,6H2,(H,20,21). The van der Waals surface area contributed by atoms with Gasteiger partial charge in [-0.2, -0.15) is 0 Å². The summed E-state index contributed by atoms with van der Waals surface area (Å²) in [6, 6.07) is 6.03. The molecule has 1 heterocycles. The summed E-state index contributed by atoms with van der Waals surface area (Å²) in [4.78, 5) is 24.6. The number of carbonyl (C=O) groups is 1. The predicted octanol–water partition coefficient (Wildman–Crippen LogP) is 3.18. The molecule has 1 N–H and O–H groups in total. The maximum atomic E-state index is 12.4. The lowest BCUT2D eigenvalue weighted by Crippen LogP contribution is -2.17. The fourth-order valence-corrected chi connectivity index (χ4v) is 1.99. The predicted molar refractivity (Wildman–Crippen MR) is 74.4 cm³/mol. The lowest BCUT2D eigenvalue weighted by molar-refractivity contribution is -0.385. The number of nitro groups is 1. The Labute approximate surface area is 132 Å². The summed E-state index contributed by atoms with van der Waals surface area (Å²) in [5.74, 6) is -1.87. The van der Waals surface area contributed by atoms with Crippen LogP contribution in [0.2, 0.25) is 0 Å². The average molecular weight is 342 g/mol. The number of hydrogen-bond acceptors (Lipinski definition) is 5. The number of carboxylic acid groups (broad SMARTS) is 1. The second-order valence-corrected chi connectivity index (χ2v) is 4.56. The quantitative estimate of drug-likeness (QED) is 0.661. The molecule has 10 heteroatoms. The fraction of sp³-hybridized carbons (Fsp3) is 0.143. The van der Waals surface area contributed by atoms with E-state index in [1.165, 1.54) is 18.2 Å². The van der Waals surface area contributed by atoms with Crippen molar-refractivity contribution in [2.45, 2.75) is 12.8 Å². The van der Waals surface area contributed by atoms with Crippen molar-refractivity contribution in [3.05, 3.63) is 52.3 Å². The summed E-state index contributed by atoms with van der Waals surface area (Å²) >= 11 is 0. The lowest BCUT2D eigenvalue weighted by Gasteiger charge is -2.13. The first kappa shape index (κ1) is 17.2. The molecule has 1 aromatic heterocycles. The van der Waals surface area contributed by atoms with Crippen molar-refractivity contribution < 1.29 is 32.7 Å². The number of para-hydroxylation sites is 1. The second kappa shape index (κ2) is 6.52. The molecule has 0 saturated carbocycles. The largest absolute Gasteiger partial charge is 0.573 e. The molecule has 0 aliphatic rings. The molecular formula is C14H9F3N2O5. The zero-order valence-electron chi connectivity index (χ0n) is 11.8. The molecule has 0 saturated heterocycles. The Morgan fingerprint density at radius 2 is 2.00 bits per heavy atom. The second-order valence-electron chi connectivity index (χ2n) is 4.56. The molecule has 1 aromatic carbocycles. The van der Waals surface area contributed by atoms with Crippen LogP contribution in [0.3, 0.4) is 0 Å². The van der Waals surface area contributed by atoms with E-state index >= 15 is 0 Å². The molecule has 0 amide bonds. The Balaban J connectivity index is 2.52. The highest BCUT2D eigenvalue weighted by molar-refractivity contribution is 5.75. The van der Waals surface area contributed by atoms with Crippen LogP contribution in [0.4, 0.5) is 18.9 Å². The third kappa shape index (κ3) is 4.18. The van der Waals surface area contributed by atoms with E-state index in [1.54, 1.807) is 0 Å². The molecule has 0 spiro atoms. The number of rotatable bonds is 5. The van der Waals surface area contributed by atoms with Gasteiger partial charge in [0.1, 0.15) is 11.4 Å². The summed E-state index contributed by atoms with van der Waals surface area (Å²) in [6.45, 7) is 0. The van der Waals surface area contributed by atoms with Crippen molar-refractivity contribution in [3.63, 3.8) is 0 Å². The first-order valence-corrected chi connectivity index (χ1v) is 6.37. The monoisotopic (exact) mass is 342 g/mol. The topological polar surface area (TPSA) is 103 Å². The van der Waals surface area contributed by atoms with Gasteiger partial charge in [0.25, 0.3) is 5.69 Å². The zero-order chi connectivity index (χ0) is 17.9. The number of benzene rings is 1. The van der Waals surface area contributed by atoms with Crippen molar-refractivity contribution in [3.8, 4) is 16.9 Å². The van der Waals surface area contributed by atoms with E-state index < -0.39 is 35.1 Å². The minimum absolute atomic E-state index is 0.00399. The summed E-state index contributed by atoms with van der Waals surface area (Å²) < 4.78 is 41.2. The Kier molecular flexibility index (Phi) is 4.67. The van der Waals surface area contributed by atoms with E-state index in [2.05, 4.69) is 9.72 Å². The van der Waals surface area contributed by atoms with Crippen molar-refractivity contribution in [2.24, 2.45) is 0 Å². The first-order chi connectivity index (χ1) is 11.2. The molecule has 0 aliphatic heterocycles. The van der Waals surface area contributed by atoms with Crippen LogP contribution in [0.5, 0.6) is 5.75 Å². The molecule has 2 rings (SSSR count). The van der Waals surface area contributed by atoms with Gasteiger partial charge in [0.2, 0.25) is 0 Å². The van der Waals surface area contributed by atoms with Gasteiger partial charge in [0.05, 0.1) is 11.3 Å². The number of halogens is 3. The van der Waals surface area contributed by atoms with E-state index in [4.69, 9.17) is 5.11 Å². The number of aliphatic carboxylic acids is 1. The molecular weight excluding hydrogens is 333 g/mol. The van der Waals surface area contributed by atoms with Gasteiger partial charge in [-0.3, -0.25) is 19.9 Å². The van der Waals surface area contributed by atoms with Crippen LogP contribution in [-0.4, -0.2) is 27.3 Å². The molecule has 0 fully saturated rings. The van der Waals surface area contributed by atoms with Crippen molar-refractivity contribution in [2.75, 3.05) is 0 Å². The Morgan fingerprint density at radius 3 is 2.58 bits per heavy atom. The number of ether oxygens (including phenoxy) is 1. The van der Waals surface area contributed by atoms with Crippen LogP contribution in [-0.2, 0) is 11.2 Å². The van der Waals surface area contributed by atoms with Crippen LogP contribution in [0.25, 0.3) is 11.1 Å². The Morgan fingerprint density at radius 1 is 1.33 bits per heavy atom. The van der Waals surface area contributed by atoms with Crippen molar-refractivity contribution >= 4 is 11.7 Å². The molecule has 24 heavy (non-hydrogen) atoms. The number of hydrogen-bond donors (Lipinski definition) is 1. The van der Waals surface area contributed by atoms with Crippen LogP contribution < -0.4 is 4.74 Å². The first-order valence-electron chi connectivity index (χ1n) is 6.37. The van der Waals surface area contributed by atoms with E-state index in [0.717, 1.165) is 18.3 Å². The Hall–Kier alpha value is -3.17. The van der Waals surface area contributed by atoms with E-state index in [-0.39, 0.29) is 16.8 Å². The normalized spacial score (nSPS) is 11.1. The van der Waals surface area contributed by atoms with E-state index in [1.807, 2.05) is 0 Å². The summed E-state index contributed by atoms with van der Waals surface area (Å²) in [5.41, 5.74) is -0.967. The minimum Gasteiger partial charge on any atom is -0.481 e. The molecule has 0 atom stereocenters. The maximum absolute atomic E-state index is 12.4. The van der Waals surface area contributed by atoms with Gasteiger partial charge < -0.3 is 9.84 Å². The van der Waals surface area contributed by atoms with Gasteiger partial charge in [0, 0.05) is 23.4 Å². The highest BCUT2D eigenvalue weighted by Crippen LogP contribution is 2.35. The number of aromatic nitrogens is 1. The maximum Gasteiger partial charge on any atom is 0.573 e. The van der Waals surface area contributed by atoms with Gasteiger partial charge in [-0.05, 0) is 6.07 Å². The third-order valence-corrected chi connectivity index (χ3v) is 2.89. The molecule has 0 bridgehead atoms. The molecule has 7 nitrogen and oxygen atoms in total. The summed E-state index contributed by atoms with van der Waals surface area (Å²) in [6.07, 6.45) is -4.56. The van der Waals surface area contributed by atoms with Crippen LogP contribution in [0, 0.1) is 10.1 Å². The van der Waals surface area contributed by atoms with Crippen LogP contribution >= 0.6 is 0 Å². The van der Waals surface area contributed by atoms with Crippen molar-refractivity contribution in [1.82, 2.24) is 4.98 Å². The van der Waals surface area contributed by atoms with Crippen LogP contribution in [0.15, 0.2) is 36.5 Å². The highest BCUT2D eigenvalue weighted by Gasteiger charge is 2.32. The fourth-order valence-electron chi connectivity index (χ4n) is 1.99. The van der Waals surface area contributed by atoms with Gasteiger partial charge in [-0.15, -0.1) is 13.2 Å². The Bertz CT molecular complexity index is 792. The van der Waals surface area contributed by atoms with Gasteiger partial charge in [0.15, 0.2) is 0 Å². The van der Waals surface area contributed by atoms with Gasteiger partial charge in [-0.1, -0.05) is 18.2 Å². The number of pyridine rings is 1. The molecule has 2 aromatic rings. The van der Waals surface area contributed by atoms with Gasteiger partial charge in [-0.25, -0.2) is 0 Å². The van der Waals surface area contributed by atoms with E-state index in [0.29, 0.717) is 0 Å². The minimum atomic E-state index is -4.93. The number of nitrogens with zero attached hydrogens (tertiary/aromatic N) is 2. The summed E-state index contributed by atoms with van der Waals surface area (Å²) in [5, 5.41) is 19.8. The number of alkyl halides is 3. The highest BCUT2D eigenvalue weighted by atomic mass is 19.4. The molecule has 0 radical (unpaired) electrons. The SMILES string of the molecule is O=C(O)Cc1ncc(-c2ccccc2OC(F)(F)F)cc1[N+](=O)[O-]. The average Bonchev–Trinajstić information content (AvgIpc) is 2.46. The van der Waals surface area contributed by atoms with E-state index in [9.17, 15) is 28.1 Å². The lowest BCUT2D eigenvalue weighted by atomic mass is 10.0. The smallest absolute Gasteiger partial charge is 0.481 e. The molecule has 0 aliphatic carbocycles. The van der Waals surface area contributed by atoms with Gasteiger partial charge >= 0.3 is 12.3 Å². The molecule has 0 unspecified atom stereocenters.